The maximum Gasteiger partial charge on any atom is 0.410 e. The number of carboxylic acids is 1. The van der Waals surface area contributed by atoms with Crippen LogP contribution in [0.15, 0.2) is 0 Å². The molecule has 1 aliphatic heterocycles. The quantitative estimate of drug-likeness (QED) is 0.782. The van der Waals surface area contributed by atoms with Crippen molar-refractivity contribution in [1.82, 2.24) is 4.90 Å². The lowest BCUT2D eigenvalue weighted by Gasteiger charge is -2.28. The Balaban J connectivity index is 2.07. The summed E-state index contributed by atoms with van der Waals surface area (Å²) in [7, 11) is 0. The van der Waals surface area contributed by atoms with Gasteiger partial charge in [-0.25, -0.2) is 4.79 Å². The Hall–Kier alpha value is -1.30. The molecule has 19 heavy (non-hydrogen) atoms. The number of carboxylic acid groups (broad SMARTS) is 1. The van der Waals surface area contributed by atoms with Crippen molar-refractivity contribution in [2.45, 2.75) is 44.8 Å². The zero-order chi connectivity index (χ0) is 14.3. The number of hydrogen-bond donors (Lipinski definition) is 1. The number of carbonyl (C=O) groups excluding carboxylic acids is 1. The smallest absolute Gasteiger partial charge is 0.410 e. The van der Waals surface area contributed by atoms with Crippen LogP contribution in [-0.2, 0) is 14.3 Å². The summed E-state index contributed by atoms with van der Waals surface area (Å²) in [5.41, 5.74) is -0.916. The van der Waals surface area contributed by atoms with Gasteiger partial charge in [0, 0.05) is 6.54 Å². The second-order valence-electron chi connectivity index (χ2n) is 6.39. The fourth-order valence-electron chi connectivity index (χ4n) is 2.11. The van der Waals surface area contributed by atoms with Crippen molar-refractivity contribution in [3.8, 4) is 0 Å². The molecule has 1 spiro atoms. The largest absolute Gasteiger partial charge is 0.481 e. The molecule has 1 atom stereocenters. The fourth-order valence-corrected chi connectivity index (χ4v) is 2.11. The van der Waals surface area contributed by atoms with Crippen LogP contribution in [0.4, 0.5) is 4.79 Å². The highest BCUT2D eigenvalue weighted by Crippen LogP contribution is 2.42. The van der Waals surface area contributed by atoms with Crippen LogP contribution in [0.5, 0.6) is 0 Å². The molecule has 1 saturated carbocycles. The minimum absolute atomic E-state index is 0.145. The molecule has 6 nitrogen and oxygen atoms in total. The van der Waals surface area contributed by atoms with Gasteiger partial charge in [0.05, 0.1) is 24.7 Å². The summed E-state index contributed by atoms with van der Waals surface area (Å²) in [6, 6.07) is 0. The summed E-state index contributed by atoms with van der Waals surface area (Å²) in [5, 5.41) is 9.13. The van der Waals surface area contributed by atoms with Crippen molar-refractivity contribution < 1.29 is 24.2 Å². The van der Waals surface area contributed by atoms with E-state index in [1.54, 1.807) is 20.8 Å². The number of amides is 1. The van der Waals surface area contributed by atoms with E-state index in [0.29, 0.717) is 6.54 Å². The van der Waals surface area contributed by atoms with Gasteiger partial charge in [-0.05, 0) is 33.6 Å². The van der Waals surface area contributed by atoms with Crippen LogP contribution in [0.3, 0.4) is 0 Å². The number of aliphatic carboxylic acids is 1. The summed E-state index contributed by atoms with van der Waals surface area (Å²) in [6.07, 6.45) is 1.28. The van der Waals surface area contributed by atoms with Gasteiger partial charge in [0.15, 0.2) is 0 Å². The van der Waals surface area contributed by atoms with Gasteiger partial charge in [0.1, 0.15) is 5.60 Å². The van der Waals surface area contributed by atoms with Crippen LogP contribution in [0.25, 0.3) is 0 Å². The Labute approximate surface area is 112 Å². The molecule has 0 aromatic rings. The molecule has 1 heterocycles. The summed E-state index contributed by atoms with van der Waals surface area (Å²) >= 11 is 0. The highest BCUT2D eigenvalue weighted by Gasteiger charge is 2.49. The maximum absolute atomic E-state index is 12.1. The zero-order valence-electron chi connectivity index (χ0n) is 11.6. The summed E-state index contributed by atoms with van der Waals surface area (Å²) in [6.45, 7) is 6.11. The number of nitrogens with zero attached hydrogens (tertiary/aromatic N) is 1. The Morgan fingerprint density at radius 3 is 2.47 bits per heavy atom. The van der Waals surface area contributed by atoms with E-state index in [9.17, 15) is 9.59 Å². The number of ether oxygens (including phenoxy) is 2. The first kappa shape index (κ1) is 14.1. The standard InChI is InChI=1S/C13H21NO5/c1-12(2,3)19-11(17)14-6-9(10(15)16)7-18-13(8-14)4-5-13/h9H,4-8H2,1-3H3,(H,15,16). The van der Waals surface area contributed by atoms with Crippen molar-refractivity contribution in [3.63, 3.8) is 0 Å². The predicted molar refractivity (Wildman–Crippen MR) is 66.8 cm³/mol. The summed E-state index contributed by atoms with van der Waals surface area (Å²) in [4.78, 5) is 24.7. The average Bonchev–Trinajstić information content (AvgIpc) is 3.03. The lowest BCUT2D eigenvalue weighted by atomic mass is 10.1. The van der Waals surface area contributed by atoms with Crippen LogP contribution < -0.4 is 0 Å². The van der Waals surface area contributed by atoms with Crippen LogP contribution >= 0.6 is 0 Å². The van der Waals surface area contributed by atoms with Crippen LogP contribution in [-0.4, -0.2) is 53.0 Å². The number of rotatable bonds is 1. The molecule has 1 aliphatic carbocycles. The normalized spacial score (nSPS) is 25.8. The van der Waals surface area contributed by atoms with Gasteiger partial charge in [-0.2, -0.15) is 0 Å². The lowest BCUT2D eigenvalue weighted by molar-refractivity contribution is -0.144. The van der Waals surface area contributed by atoms with E-state index >= 15 is 0 Å². The first-order valence-corrected chi connectivity index (χ1v) is 6.55. The Kier molecular flexibility index (Phi) is 3.47. The van der Waals surface area contributed by atoms with Crippen molar-refractivity contribution in [1.29, 1.82) is 0 Å². The third kappa shape index (κ3) is 3.59. The first-order valence-electron chi connectivity index (χ1n) is 6.55. The van der Waals surface area contributed by atoms with Crippen LogP contribution in [0.1, 0.15) is 33.6 Å². The highest BCUT2D eigenvalue weighted by molar-refractivity contribution is 5.73. The second-order valence-corrected chi connectivity index (χ2v) is 6.39. The van der Waals surface area contributed by atoms with E-state index in [0.717, 1.165) is 12.8 Å². The molecule has 0 aromatic carbocycles. The first-order chi connectivity index (χ1) is 8.71. The van der Waals surface area contributed by atoms with Crippen LogP contribution in [0.2, 0.25) is 0 Å². The van der Waals surface area contributed by atoms with Crippen molar-refractivity contribution >= 4 is 12.1 Å². The third-order valence-corrected chi connectivity index (χ3v) is 3.32. The molecular weight excluding hydrogens is 250 g/mol. The molecule has 1 unspecified atom stereocenters. The Morgan fingerprint density at radius 2 is 2.00 bits per heavy atom. The Morgan fingerprint density at radius 1 is 1.37 bits per heavy atom. The monoisotopic (exact) mass is 271 g/mol. The van der Waals surface area contributed by atoms with E-state index in [-0.39, 0.29) is 18.8 Å². The van der Waals surface area contributed by atoms with Gasteiger partial charge >= 0.3 is 12.1 Å². The topological polar surface area (TPSA) is 76.1 Å². The minimum Gasteiger partial charge on any atom is -0.481 e. The molecule has 1 amide bonds. The Bertz CT molecular complexity index is 383. The van der Waals surface area contributed by atoms with Gasteiger partial charge in [0.2, 0.25) is 0 Å². The van der Waals surface area contributed by atoms with E-state index < -0.39 is 23.6 Å². The average molecular weight is 271 g/mol. The van der Waals surface area contributed by atoms with Gasteiger partial charge in [0.25, 0.3) is 0 Å². The zero-order valence-corrected chi connectivity index (χ0v) is 11.6. The molecule has 2 aliphatic rings. The molecule has 108 valence electrons. The molecule has 0 bridgehead atoms. The van der Waals surface area contributed by atoms with Gasteiger partial charge in [-0.1, -0.05) is 0 Å². The SMILES string of the molecule is CC(C)(C)OC(=O)N1CC(C(=O)O)COC2(CC2)C1. The summed E-state index contributed by atoms with van der Waals surface area (Å²) in [5.74, 6) is -1.63. The van der Waals surface area contributed by atoms with Crippen molar-refractivity contribution in [3.05, 3.63) is 0 Å². The van der Waals surface area contributed by atoms with E-state index in [1.807, 2.05) is 0 Å². The maximum atomic E-state index is 12.1. The molecule has 0 radical (unpaired) electrons. The lowest BCUT2D eigenvalue weighted by Crippen LogP contribution is -2.43. The molecule has 1 saturated heterocycles. The summed E-state index contributed by atoms with van der Waals surface area (Å²) < 4.78 is 11.0. The van der Waals surface area contributed by atoms with Gasteiger partial charge < -0.3 is 19.5 Å². The number of hydrogen-bond acceptors (Lipinski definition) is 4. The number of carbonyl (C=O) groups is 2. The second kappa shape index (κ2) is 4.67. The third-order valence-electron chi connectivity index (χ3n) is 3.32. The van der Waals surface area contributed by atoms with E-state index in [2.05, 4.69) is 0 Å². The molecule has 0 aromatic heterocycles. The molecule has 2 fully saturated rings. The van der Waals surface area contributed by atoms with Gasteiger partial charge in [-0.15, -0.1) is 0 Å². The van der Waals surface area contributed by atoms with E-state index in [1.165, 1.54) is 4.90 Å². The predicted octanol–water partition coefficient (Wildman–Crippen LogP) is 1.49. The highest BCUT2D eigenvalue weighted by atomic mass is 16.6. The molecule has 1 N–H and O–H groups in total. The van der Waals surface area contributed by atoms with Crippen molar-refractivity contribution in [2.24, 2.45) is 5.92 Å². The van der Waals surface area contributed by atoms with E-state index in [4.69, 9.17) is 14.6 Å². The molecule has 2 rings (SSSR count). The minimum atomic E-state index is -0.939. The molecular formula is C13H21NO5. The van der Waals surface area contributed by atoms with Gasteiger partial charge in [-0.3, -0.25) is 4.79 Å². The molecule has 6 heteroatoms. The van der Waals surface area contributed by atoms with Crippen molar-refractivity contribution in [2.75, 3.05) is 19.7 Å². The fraction of sp³-hybridized carbons (Fsp3) is 0.846. The van der Waals surface area contributed by atoms with Crippen LogP contribution in [0, 0.1) is 5.92 Å².